The summed E-state index contributed by atoms with van der Waals surface area (Å²) in [6, 6.07) is 8.11. The Morgan fingerprint density at radius 2 is 2.00 bits per heavy atom. The molecule has 0 N–H and O–H groups in total. The summed E-state index contributed by atoms with van der Waals surface area (Å²) >= 11 is 3.38. The van der Waals surface area contributed by atoms with Crippen LogP contribution >= 0.6 is 15.9 Å². The summed E-state index contributed by atoms with van der Waals surface area (Å²) in [5.74, 6) is 0.178. The highest BCUT2D eigenvalue weighted by molar-refractivity contribution is 9.10. The van der Waals surface area contributed by atoms with Gasteiger partial charge in [-0.05, 0) is 43.5 Å². The third-order valence-electron chi connectivity index (χ3n) is 2.80. The van der Waals surface area contributed by atoms with Crippen molar-refractivity contribution in [3.63, 3.8) is 0 Å². The van der Waals surface area contributed by atoms with Gasteiger partial charge in [0, 0.05) is 22.6 Å². The van der Waals surface area contributed by atoms with Crippen LogP contribution in [0.1, 0.15) is 36.5 Å². The van der Waals surface area contributed by atoms with E-state index in [1.54, 1.807) is 0 Å². The molecule has 1 saturated carbocycles. The lowest BCUT2D eigenvalue weighted by atomic mass is 10.2. The molecule has 1 fully saturated rings. The maximum atomic E-state index is 12.2. The summed E-state index contributed by atoms with van der Waals surface area (Å²) in [7, 11) is 0. The molecule has 0 aliphatic heterocycles. The highest BCUT2D eigenvalue weighted by atomic mass is 79.9. The Morgan fingerprint density at radius 3 is 2.50 bits per heavy atom. The first kappa shape index (κ1) is 11.6. The Labute approximate surface area is 105 Å². The molecule has 0 atom stereocenters. The Balaban J connectivity index is 2.12. The minimum absolute atomic E-state index is 0.178. The molecule has 86 valence electrons. The number of amides is 1. The van der Waals surface area contributed by atoms with Crippen LogP contribution in [0.25, 0.3) is 0 Å². The molecular weight excluding hydrogens is 266 g/mol. The molecule has 2 nitrogen and oxygen atoms in total. The fourth-order valence-corrected chi connectivity index (χ4v) is 2.10. The molecular formula is C13H16BrNO. The molecule has 0 aromatic heterocycles. The summed E-state index contributed by atoms with van der Waals surface area (Å²) in [6.45, 7) is 2.99. The zero-order chi connectivity index (χ0) is 11.5. The van der Waals surface area contributed by atoms with Crippen molar-refractivity contribution in [2.45, 2.75) is 32.2 Å². The lowest BCUT2D eigenvalue weighted by molar-refractivity contribution is 0.0743. The molecule has 16 heavy (non-hydrogen) atoms. The van der Waals surface area contributed by atoms with Crippen LogP contribution in [0.4, 0.5) is 0 Å². The standard InChI is InChI=1S/C13H16BrNO/c1-2-9-15(12-7-8-12)13(16)10-3-5-11(14)6-4-10/h3-6,12H,2,7-9H2,1H3. The van der Waals surface area contributed by atoms with Crippen molar-refractivity contribution >= 4 is 21.8 Å². The molecule has 1 aliphatic rings. The average Bonchev–Trinajstić information content (AvgIpc) is 3.10. The number of halogens is 1. The van der Waals surface area contributed by atoms with Crippen LogP contribution in [0, 0.1) is 0 Å². The minimum Gasteiger partial charge on any atom is -0.336 e. The maximum absolute atomic E-state index is 12.2. The number of carbonyl (C=O) groups is 1. The van der Waals surface area contributed by atoms with E-state index in [9.17, 15) is 4.79 Å². The minimum atomic E-state index is 0.178. The van der Waals surface area contributed by atoms with Crippen LogP contribution in [-0.2, 0) is 0 Å². The SMILES string of the molecule is CCCN(C(=O)c1ccc(Br)cc1)C1CC1. The highest BCUT2D eigenvalue weighted by Gasteiger charge is 2.32. The summed E-state index contributed by atoms with van der Waals surface area (Å²) in [4.78, 5) is 14.3. The fraction of sp³-hybridized carbons (Fsp3) is 0.462. The van der Waals surface area contributed by atoms with Crippen LogP contribution in [0.3, 0.4) is 0 Å². The van der Waals surface area contributed by atoms with Crippen molar-refractivity contribution in [1.82, 2.24) is 4.90 Å². The summed E-state index contributed by atoms with van der Waals surface area (Å²) in [5, 5.41) is 0. The quantitative estimate of drug-likeness (QED) is 0.828. The predicted octanol–water partition coefficient (Wildman–Crippen LogP) is 3.46. The third-order valence-corrected chi connectivity index (χ3v) is 3.33. The number of hydrogen-bond donors (Lipinski definition) is 0. The smallest absolute Gasteiger partial charge is 0.254 e. The monoisotopic (exact) mass is 281 g/mol. The number of rotatable bonds is 4. The Morgan fingerprint density at radius 1 is 1.38 bits per heavy atom. The normalized spacial score (nSPS) is 14.9. The van der Waals surface area contributed by atoms with Gasteiger partial charge in [-0.1, -0.05) is 22.9 Å². The molecule has 1 aromatic rings. The van der Waals surface area contributed by atoms with Gasteiger partial charge >= 0.3 is 0 Å². The molecule has 3 heteroatoms. The van der Waals surface area contributed by atoms with Gasteiger partial charge in [0.15, 0.2) is 0 Å². The average molecular weight is 282 g/mol. The largest absolute Gasteiger partial charge is 0.336 e. The highest BCUT2D eigenvalue weighted by Crippen LogP contribution is 2.28. The van der Waals surface area contributed by atoms with E-state index in [0.29, 0.717) is 6.04 Å². The van der Waals surface area contributed by atoms with Crippen molar-refractivity contribution < 1.29 is 4.79 Å². The van der Waals surface area contributed by atoms with E-state index < -0.39 is 0 Å². The second-order valence-corrected chi connectivity index (χ2v) is 5.15. The summed E-state index contributed by atoms with van der Waals surface area (Å²) in [5.41, 5.74) is 0.795. The van der Waals surface area contributed by atoms with Gasteiger partial charge in [0.25, 0.3) is 5.91 Å². The molecule has 1 aromatic carbocycles. The molecule has 0 bridgehead atoms. The van der Waals surface area contributed by atoms with Gasteiger partial charge in [-0.15, -0.1) is 0 Å². The lowest BCUT2D eigenvalue weighted by Crippen LogP contribution is -2.33. The molecule has 0 heterocycles. The van der Waals surface area contributed by atoms with Crippen molar-refractivity contribution in [3.05, 3.63) is 34.3 Å². The summed E-state index contributed by atoms with van der Waals surface area (Å²) in [6.07, 6.45) is 3.36. The maximum Gasteiger partial charge on any atom is 0.254 e. The van der Waals surface area contributed by atoms with Gasteiger partial charge in [0.2, 0.25) is 0 Å². The second-order valence-electron chi connectivity index (χ2n) is 4.24. The van der Waals surface area contributed by atoms with Gasteiger partial charge in [0.1, 0.15) is 0 Å². The number of hydrogen-bond acceptors (Lipinski definition) is 1. The summed E-state index contributed by atoms with van der Waals surface area (Å²) < 4.78 is 1.01. The van der Waals surface area contributed by atoms with Crippen LogP contribution in [-0.4, -0.2) is 23.4 Å². The van der Waals surface area contributed by atoms with Crippen molar-refractivity contribution in [3.8, 4) is 0 Å². The van der Waals surface area contributed by atoms with Crippen molar-refractivity contribution in [2.75, 3.05) is 6.54 Å². The van der Waals surface area contributed by atoms with Gasteiger partial charge < -0.3 is 4.90 Å². The van der Waals surface area contributed by atoms with Gasteiger partial charge in [0.05, 0.1) is 0 Å². The van der Waals surface area contributed by atoms with E-state index in [4.69, 9.17) is 0 Å². The van der Waals surface area contributed by atoms with E-state index in [0.717, 1.165) is 23.0 Å². The zero-order valence-corrected chi connectivity index (χ0v) is 11.0. The molecule has 1 aliphatic carbocycles. The molecule has 2 rings (SSSR count). The van der Waals surface area contributed by atoms with Crippen LogP contribution in [0.15, 0.2) is 28.7 Å². The molecule has 0 radical (unpaired) electrons. The Bertz CT molecular complexity index is 370. The Hall–Kier alpha value is -0.830. The van der Waals surface area contributed by atoms with E-state index in [1.807, 2.05) is 29.2 Å². The van der Waals surface area contributed by atoms with Crippen molar-refractivity contribution in [1.29, 1.82) is 0 Å². The van der Waals surface area contributed by atoms with Gasteiger partial charge in [-0.3, -0.25) is 4.79 Å². The third kappa shape index (κ3) is 2.64. The molecule has 1 amide bonds. The first-order valence-electron chi connectivity index (χ1n) is 5.79. The van der Waals surface area contributed by atoms with E-state index in [-0.39, 0.29) is 5.91 Å². The molecule has 0 spiro atoms. The molecule has 0 unspecified atom stereocenters. The first-order valence-corrected chi connectivity index (χ1v) is 6.58. The van der Waals surface area contributed by atoms with Crippen LogP contribution < -0.4 is 0 Å². The van der Waals surface area contributed by atoms with Crippen LogP contribution in [0.2, 0.25) is 0 Å². The van der Waals surface area contributed by atoms with E-state index >= 15 is 0 Å². The number of nitrogens with zero attached hydrogens (tertiary/aromatic N) is 1. The lowest BCUT2D eigenvalue weighted by Gasteiger charge is -2.21. The predicted molar refractivity (Wildman–Crippen MR) is 68.5 cm³/mol. The zero-order valence-electron chi connectivity index (χ0n) is 9.45. The Kier molecular flexibility index (Phi) is 3.64. The first-order chi connectivity index (χ1) is 7.72. The second kappa shape index (κ2) is 5.00. The van der Waals surface area contributed by atoms with Gasteiger partial charge in [-0.2, -0.15) is 0 Å². The van der Waals surface area contributed by atoms with Crippen LogP contribution in [0.5, 0.6) is 0 Å². The molecule has 0 saturated heterocycles. The van der Waals surface area contributed by atoms with E-state index in [1.165, 1.54) is 12.8 Å². The number of carbonyl (C=O) groups excluding carboxylic acids is 1. The van der Waals surface area contributed by atoms with Gasteiger partial charge in [-0.25, -0.2) is 0 Å². The number of benzene rings is 1. The topological polar surface area (TPSA) is 20.3 Å². The van der Waals surface area contributed by atoms with Crippen molar-refractivity contribution in [2.24, 2.45) is 0 Å². The fourth-order valence-electron chi connectivity index (χ4n) is 1.84. The van der Waals surface area contributed by atoms with E-state index in [2.05, 4.69) is 22.9 Å².